The molecule has 0 saturated carbocycles. The second-order valence-electron chi connectivity index (χ2n) is 6.32. The molecule has 0 amide bonds. The normalized spacial score (nSPS) is 10.4. The molecule has 0 fully saturated rings. The molecule has 0 unspecified atom stereocenters. The monoisotopic (exact) mass is 330 g/mol. The van der Waals surface area contributed by atoms with E-state index in [0.717, 1.165) is 0 Å². The Morgan fingerprint density at radius 2 is 1.25 bits per heavy atom. The number of benzene rings is 2. The van der Waals surface area contributed by atoms with Gasteiger partial charge in [0.05, 0.1) is 6.42 Å². The van der Waals surface area contributed by atoms with Crippen molar-refractivity contribution in [1.29, 1.82) is 0 Å². The van der Waals surface area contributed by atoms with Gasteiger partial charge in [0.1, 0.15) is 0 Å². The van der Waals surface area contributed by atoms with Crippen LogP contribution in [0.25, 0.3) is 0 Å². The number of carbonyl (C=O) groups excluding carboxylic acids is 2. The molecule has 0 atom stereocenters. The van der Waals surface area contributed by atoms with Crippen molar-refractivity contribution in [3.63, 3.8) is 0 Å². The van der Waals surface area contributed by atoms with Gasteiger partial charge in [-0.1, -0.05) is 75.4 Å². The Hall–Kier alpha value is -2.30. The predicted octanol–water partition coefficient (Wildman–Crippen LogP) is 4.63. The Labute approximate surface area is 142 Å². The summed E-state index contributed by atoms with van der Waals surface area (Å²) in [7, 11) is -1.75. The average Bonchev–Trinajstić information content (AvgIpc) is 2.55. The molecule has 2 aromatic carbocycles. The topological polar surface area (TPSA) is 34.1 Å². The van der Waals surface area contributed by atoms with Gasteiger partial charge in [0.2, 0.25) is 0 Å². The van der Waals surface area contributed by atoms with Gasteiger partial charge in [-0.15, -0.1) is 0 Å². The van der Waals surface area contributed by atoms with E-state index >= 15 is 0 Å². The van der Waals surface area contributed by atoms with Gasteiger partial charge in [-0.25, -0.2) is 0 Å². The number of halogens is 2. The predicted molar refractivity (Wildman–Crippen MR) is 94.2 cm³/mol. The lowest BCUT2D eigenvalue weighted by Crippen LogP contribution is -2.12. The van der Waals surface area contributed by atoms with Crippen molar-refractivity contribution in [2.24, 2.45) is 0 Å². The molecule has 0 radical (unpaired) electrons. The first kappa shape index (κ1) is 19.8. The zero-order chi connectivity index (χ0) is 18.2. The summed E-state index contributed by atoms with van der Waals surface area (Å²) in [5, 5.41) is 0. The van der Waals surface area contributed by atoms with E-state index in [9.17, 15) is 18.2 Å². The van der Waals surface area contributed by atoms with E-state index in [2.05, 4.69) is 20.8 Å². The third-order valence-corrected chi connectivity index (χ3v) is 3.49. The molecule has 5 heteroatoms. The molecule has 0 saturated heterocycles. The summed E-state index contributed by atoms with van der Waals surface area (Å²) in [5.74, 6) is -0.273. The summed E-state index contributed by atoms with van der Waals surface area (Å²) >= 11 is 0. The van der Waals surface area contributed by atoms with E-state index in [0.29, 0.717) is 11.1 Å². The summed E-state index contributed by atoms with van der Waals surface area (Å²) in [4.78, 5) is 24.2. The minimum Gasteiger partial charge on any atom is -0.294 e. The molecule has 0 N–H and O–H groups in total. The average molecular weight is 330 g/mol. The molecule has 24 heavy (non-hydrogen) atoms. The Balaban J connectivity index is 0.000000891. The third kappa shape index (κ3) is 6.07. The summed E-state index contributed by atoms with van der Waals surface area (Å²) in [6.07, 6.45) is -0.0844. The van der Waals surface area contributed by atoms with Crippen molar-refractivity contribution >= 4 is 19.4 Å². The number of hydrogen-bond donors (Lipinski definition) is 0. The van der Waals surface area contributed by atoms with Crippen LogP contribution in [0.15, 0.2) is 54.6 Å². The van der Waals surface area contributed by atoms with Crippen LogP contribution in [0.1, 0.15) is 53.5 Å². The van der Waals surface area contributed by atoms with Gasteiger partial charge in [0.15, 0.2) is 11.6 Å². The fourth-order valence-electron chi connectivity index (χ4n) is 2.13. The number of Topliss-reactive ketones (excluding diaryl/α,β-unsaturated/α-hetero) is 2. The van der Waals surface area contributed by atoms with Crippen LogP contribution >= 0.6 is 0 Å². The second kappa shape index (κ2) is 9.11. The molecule has 2 aromatic rings. The highest BCUT2D eigenvalue weighted by atomic mass is 19.2. The van der Waals surface area contributed by atoms with Crippen LogP contribution in [0.2, 0.25) is 0 Å². The maximum Gasteiger partial charge on any atom is 0.521 e. The van der Waals surface area contributed by atoms with E-state index in [1.165, 1.54) is 5.56 Å². The minimum atomic E-state index is -1.75. The van der Waals surface area contributed by atoms with Gasteiger partial charge in [0, 0.05) is 11.1 Å². The lowest BCUT2D eigenvalue weighted by atomic mass is 9.86. The van der Waals surface area contributed by atoms with Gasteiger partial charge in [-0.3, -0.25) is 18.2 Å². The summed E-state index contributed by atoms with van der Waals surface area (Å²) in [6.45, 7) is 6.38. The van der Waals surface area contributed by atoms with Crippen molar-refractivity contribution in [1.82, 2.24) is 0 Å². The summed E-state index contributed by atoms with van der Waals surface area (Å²) in [6, 6.07) is 16.5. The standard InChI is InChI=1S/C19H20O2.BF2H/c1-19(2,3)16-11-9-15(10-12-16)18(21)13-17(20)14-7-5-4-6-8-14;2-1-3/h4-12H,13H2,1-3H3;1H. The SMILES string of the molecule is CC(C)(C)c1ccc(C(=O)CC(=O)c2ccccc2)cc1.FBF. The molecule has 126 valence electrons. The molecular weight excluding hydrogens is 309 g/mol. The summed E-state index contributed by atoms with van der Waals surface area (Å²) < 4.78 is 19.2. The van der Waals surface area contributed by atoms with Crippen LogP contribution in [0.5, 0.6) is 0 Å². The van der Waals surface area contributed by atoms with Crippen LogP contribution in [-0.2, 0) is 5.41 Å². The van der Waals surface area contributed by atoms with E-state index in [-0.39, 0.29) is 23.4 Å². The fraction of sp³-hybridized carbons (Fsp3) is 0.263. The highest BCUT2D eigenvalue weighted by molar-refractivity contribution is 6.15. The van der Waals surface area contributed by atoms with Crippen molar-refractivity contribution in [3.8, 4) is 0 Å². The molecule has 0 spiro atoms. The van der Waals surface area contributed by atoms with Crippen molar-refractivity contribution < 1.29 is 18.2 Å². The zero-order valence-corrected chi connectivity index (χ0v) is 14.2. The molecule has 0 heterocycles. The minimum absolute atomic E-state index is 0.0570. The van der Waals surface area contributed by atoms with Crippen molar-refractivity contribution in [2.75, 3.05) is 0 Å². The number of ketones is 2. The van der Waals surface area contributed by atoms with Gasteiger partial charge in [-0.05, 0) is 11.0 Å². The van der Waals surface area contributed by atoms with Crippen LogP contribution in [0.4, 0.5) is 8.63 Å². The fourth-order valence-corrected chi connectivity index (χ4v) is 2.13. The quantitative estimate of drug-likeness (QED) is 0.465. The smallest absolute Gasteiger partial charge is 0.294 e. The largest absolute Gasteiger partial charge is 0.521 e. The maximum atomic E-state index is 12.2. The van der Waals surface area contributed by atoms with E-state index in [1.54, 1.807) is 36.4 Å². The lowest BCUT2D eigenvalue weighted by Gasteiger charge is -2.18. The number of carbonyl (C=O) groups is 2. The van der Waals surface area contributed by atoms with Gasteiger partial charge >= 0.3 is 7.83 Å². The summed E-state index contributed by atoms with van der Waals surface area (Å²) in [5.41, 5.74) is 2.40. The van der Waals surface area contributed by atoms with Gasteiger partial charge in [0.25, 0.3) is 0 Å². The Bertz CT molecular complexity index is 662. The molecule has 0 aliphatic rings. The molecule has 0 aliphatic carbocycles. The number of hydrogen-bond acceptors (Lipinski definition) is 2. The van der Waals surface area contributed by atoms with Gasteiger partial charge < -0.3 is 0 Å². The van der Waals surface area contributed by atoms with E-state index < -0.39 is 7.83 Å². The highest BCUT2D eigenvalue weighted by Crippen LogP contribution is 2.22. The Kier molecular flexibility index (Phi) is 7.50. The van der Waals surface area contributed by atoms with Gasteiger partial charge in [-0.2, -0.15) is 0 Å². The van der Waals surface area contributed by atoms with Crippen LogP contribution in [0.3, 0.4) is 0 Å². The number of rotatable bonds is 4. The van der Waals surface area contributed by atoms with Crippen molar-refractivity contribution in [3.05, 3.63) is 71.3 Å². The molecule has 0 bridgehead atoms. The lowest BCUT2D eigenvalue weighted by molar-refractivity contribution is 0.0894. The Morgan fingerprint density at radius 3 is 1.67 bits per heavy atom. The highest BCUT2D eigenvalue weighted by Gasteiger charge is 2.16. The van der Waals surface area contributed by atoms with Crippen LogP contribution < -0.4 is 0 Å². The van der Waals surface area contributed by atoms with E-state index in [1.807, 2.05) is 18.2 Å². The van der Waals surface area contributed by atoms with E-state index in [4.69, 9.17) is 0 Å². The second-order valence-corrected chi connectivity index (χ2v) is 6.32. The third-order valence-electron chi connectivity index (χ3n) is 3.49. The first-order chi connectivity index (χ1) is 11.3. The van der Waals surface area contributed by atoms with Crippen LogP contribution in [-0.4, -0.2) is 19.4 Å². The molecule has 0 aliphatic heterocycles. The first-order valence-electron chi connectivity index (χ1n) is 7.63. The van der Waals surface area contributed by atoms with Crippen molar-refractivity contribution in [2.45, 2.75) is 32.6 Å². The first-order valence-corrected chi connectivity index (χ1v) is 7.63. The molecular formula is C19H21BF2O2. The Morgan fingerprint density at radius 1 is 0.833 bits per heavy atom. The zero-order valence-electron chi connectivity index (χ0n) is 14.2. The molecule has 0 aromatic heterocycles. The van der Waals surface area contributed by atoms with Crippen LogP contribution in [0, 0.1) is 0 Å². The molecule has 2 nitrogen and oxygen atoms in total. The maximum absolute atomic E-state index is 12.2. The molecule has 2 rings (SSSR count).